The zero-order valence-corrected chi connectivity index (χ0v) is 10.4. The third kappa shape index (κ3) is 2.67. The van der Waals surface area contributed by atoms with Crippen LogP contribution in [0.4, 0.5) is 4.79 Å². The minimum atomic E-state index is -0.947. The molecular formula is C12H23NO3. The molecule has 0 bridgehead atoms. The summed E-state index contributed by atoms with van der Waals surface area (Å²) in [5.41, 5.74) is -0.434. The van der Waals surface area contributed by atoms with E-state index in [1.54, 1.807) is 0 Å². The first kappa shape index (κ1) is 13.3. The fourth-order valence-electron chi connectivity index (χ4n) is 2.62. The van der Waals surface area contributed by atoms with Crippen LogP contribution in [0.15, 0.2) is 0 Å². The molecule has 1 fully saturated rings. The van der Waals surface area contributed by atoms with Crippen LogP contribution in [0.5, 0.6) is 0 Å². The number of aliphatic hydroxyl groups is 1. The van der Waals surface area contributed by atoms with E-state index in [1.807, 2.05) is 0 Å². The second kappa shape index (κ2) is 4.62. The number of carbonyl (C=O) groups is 1. The predicted octanol–water partition coefficient (Wildman–Crippen LogP) is 2.22. The molecule has 16 heavy (non-hydrogen) atoms. The van der Waals surface area contributed by atoms with Crippen LogP contribution in [-0.4, -0.2) is 28.5 Å². The van der Waals surface area contributed by atoms with Gasteiger partial charge in [-0.05, 0) is 37.0 Å². The Morgan fingerprint density at radius 1 is 1.38 bits per heavy atom. The highest BCUT2D eigenvalue weighted by Gasteiger charge is 2.45. The van der Waals surface area contributed by atoms with E-state index in [4.69, 9.17) is 10.2 Å². The zero-order chi connectivity index (χ0) is 12.4. The molecule has 4 nitrogen and oxygen atoms in total. The molecule has 0 aromatic carbocycles. The summed E-state index contributed by atoms with van der Waals surface area (Å²) in [6.07, 6.45) is 2.47. The highest BCUT2D eigenvalue weighted by Crippen LogP contribution is 2.43. The smallest absolute Gasteiger partial charge is 0.405 e. The predicted molar refractivity (Wildman–Crippen MR) is 62.4 cm³/mol. The second-order valence-corrected chi connectivity index (χ2v) is 5.89. The van der Waals surface area contributed by atoms with Crippen LogP contribution in [0.2, 0.25) is 0 Å². The lowest BCUT2D eigenvalue weighted by atomic mass is 9.63. The Hall–Kier alpha value is -0.770. The van der Waals surface area contributed by atoms with E-state index in [1.165, 1.54) is 0 Å². The van der Waals surface area contributed by atoms with Crippen LogP contribution in [-0.2, 0) is 0 Å². The summed E-state index contributed by atoms with van der Waals surface area (Å²) in [5.74, 6) is 0.339. The van der Waals surface area contributed by atoms with Crippen LogP contribution in [0.1, 0.15) is 46.5 Å². The van der Waals surface area contributed by atoms with Gasteiger partial charge in [0, 0.05) is 12.1 Å². The largest absolute Gasteiger partial charge is 0.465 e. The number of hydrogen-bond acceptors (Lipinski definition) is 2. The third-order valence-corrected chi connectivity index (χ3v) is 4.00. The molecule has 0 saturated heterocycles. The molecule has 0 aromatic rings. The van der Waals surface area contributed by atoms with Crippen molar-refractivity contribution < 1.29 is 15.0 Å². The average Bonchev–Trinajstić information content (AvgIpc) is 2.16. The molecule has 0 spiro atoms. The number of rotatable bonds is 2. The molecule has 0 aromatic heterocycles. The van der Waals surface area contributed by atoms with Crippen molar-refractivity contribution in [2.75, 3.05) is 6.61 Å². The maximum absolute atomic E-state index is 10.9. The van der Waals surface area contributed by atoms with E-state index >= 15 is 0 Å². The van der Waals surface area contributed by atoms with Crippen molar-refractivity contribution in [2.24, 2.45) is 11.3 Å². The van der Waals surface area contributed by atoms with Gasteiger partial charge in [-0.25, -0.2) is 4.79 Å². The first-order valence-electron chi connectivity index (χ1n) is 5.93. The van der Waals surface area contributed by atoms with Crippen molar-refractivity contribution in [3.05, 3.63) is 0 Å². The highest BCUT2D eigenvalue weighted by molar-refractivity contribution is 5.65. The molecule has 0 heterocycles. The molecule has 0 aliphatic heterocycles. The summed E-state index contributed by atoms with van der Waals surface area (Å²) in [6, 6.07) is 0. The molecule has 1 rings (SSSR count). The molecule has 1 amide bonds. The molecule has 1 aliphatic rings. The van der Waals surface area contributed by atoms with Gasteiger partial charge in [-0.1, -0.05) is 20.8 Å². The van der Waals surface area contributed by atoms with Gasteiger partial charge in [-0.15, -0.1) is 0 Å². The summed E-state index contributed by atoms with van der Waals surface area (Å²) < 4.78 is 0. The lowest BCUT2D eigenvalue weighted by Crippen LogP contribution is -2.58. The van der Waals surface area contributed by atoms with Gasteiger partial charge in [0.2, 0.25) is 0 Å². The van der Waals surface area contributed by atoms with Crippen molar-refractivity contribution in [1.29, 1.82) is 0 Å². The van der Waals surface area contributed by atoms with Crippen LogP contribution >= 0.6 is 0 Å². The Morgan fingerprint density at radius 3 is 2.19 bits per heavy atom. The minimum Gasteiger partial charge on any atom is -0.465 e. The topological polar surface area (TPSA) is 69.6 Å². The fourth-order valence-corrected chi connectivity index (χ4v) is 2.62. The summed E-state index contributed by atoms with van der Waals surface area (Å²) in [4.78, 5) is 10.9. The van der Waals surface area contributed by atoms with Gasteiger partial charge in [-0.3, -0.25) is 0 Å². The maximum Gasteiger partial charge on any atom is 0.405 e. The highest BCUT2D eigenvalue weighted by atomic mass is 16.4. The number of aliphatic hydroxyl groups excluding tert-OH is 1. The summed E-state index contributed by atoms with van der Waals surface area (Å²) in [5, 5.41) is 20.8. The molecule has 0 unspecified atom stereocenters. The van der Waals surface area contributed by atoms with Crippen molar-refractivity contribution in [3.8, 4) is 0 Å². The lowest BCUT2D eigenvalue weighted by molar-refractivity contribution is 0.0540. The molecular weight excluding hydrogens is 206 g/mol. The lowest BCUT2D eigenvalue weighted by Gasteiger charge is -2.48. The molecule has 1 aliphatic carbocycles. The standard InChI is InChI=1S/C12H23NO3/c1-11(2,3)12(13-10(15)16)6-4-9(8-14)5-7-12/h9,13-14H,4-8H2,1-3H3,(H,15,16)/t9-,12-. The molecule has 0 atom stereocenters. The summed E-state index contributed by atoms with van der Waals surface area (Å²) >= 11 is 0. The Kier molecular flexibility index (Phi) is 3.84. The Bertz CT molecular complexity index is 249. The van der Waals surface area contributed by atoms with Gasteiger partial charge in [0.1, 0.15) is 0 Å². The number of nitrogens with one attached hydrogen (secondary N) is 1. The monoisotopic (exact) mass is 229 g/mol. The average molecular weight is 229 g/mol. The van der Waals surface area contributed by atoms with E-state index in [0.717, 1.165) is 25.7 Å². The number of amides is 1. The van der Waals surface area contributed by atoms with Gasteiger partial charge < -0.3 is 15.5 Å². The fraction of sp³-hybridized carbons (Fsp3) is 0.917. The van der Waals surface area contributed by atoms with Gasteiger partial charge in [0.25, 0.3) is 0 Å². The normalized spacial score (nSPS) is 31.1. The molecule has 3 N–H and O–H groups in total. The van der Waals surface area contributed by atoms with Crippen molar-refractivity contribution >= 4 is 6.09 Å². The van der Waals surface area contributed by atoms with E-state index in [-0.39, 0.29) is 17.6 Å². The van der Waals surface area contributed by atoms with Gasteiger partial charge in [-0.2, -0.15) is 0 Å². The quantitative estimate of drug-likeness (QED) is 0.680. The second-order valence-electron chi connectivity index (χ2n) is 5.89. The number of hydrogen-bond donors (Lipinski definition) is 3. The first-order valence-corrected chi connectivity index (χ1v) is 5.93. The van der Waals surface area contributed by atoms with E-state index in [9.17, 15) is 4.79 Å². The molecule has 4 heteroatoms. The van der Waals surface area contributed by atoms with Crippen LogP contribution in [0.25, 0.3) is 0 Å². The SMILES string of the molecule is CC(C)(C)[C@]1(NC(=O)O)CC[C@H](CO)CC1. The number of carboxylic acid groups (broad SMARTS) is 1. The van der Waals surface area contributed by atoms with Crippen molar-refractivity contribution in [3.63, 3.8) is 0 Å². The maximum atomic E-state index is 10.9. The van der Waals surface area contributed by atoms with Gasteiger partial charge >= 0.3 is 6.09 Å². The van der Waals surface area contributed by atoms with E-state index in [0.29, 0.717) is 5.92 Å². The van der Waals surface area contributed by atoms with Crippen LogP contribution in [0.3, 0.4) is 0 Å². The Morgan fingerprint density at radius 2 is 1.88 bits per heavy atom. The summed E-state index contributed by atoms with van der Waals surface area (Å²) in [7, 11) is 0. The zero-order valence-electron chi connectivity index (χ0n) is 10.4. The Labute approximate surface area is 97.0 Å². The molecule has 1 saturated carbocycles. The van der Waals surface area contributed by atoms with E-state index < -0.39 is 6.09 Å². The van der Waals surface area contributed by atoms with E-state index in [2.05, 4.69) is 26.1 Å². The van der Waals surface area contributed by atoms with Crippen molar-refractivity contribution in [2.45, 2.75) is 52.0 Å². The van der Waals surface area contributed by atoms with Gasteiger partial charge in [0.05, 0.1) is 0 Å². The van der Waals surface area contributed by atoms with Gasteiger partial charge in [0.15, 0.2) is 0 Å². The van der Waals surface area contributed by atoms with Crippen molar-refractivity contribution in [1.82, 2.24) is 5.32 Å². The molecule has 0 radical (unpaired) electrons. The molecule has 94 valence electrons. The summed E-state index contributed by atoms with van der Waals surface area (Å²) in [6.45, 7) is 6.43. The third-order valence-electron chi connectivity index (χ3n) is 4.00. The Balaban J connectivity index is 2.79. The minimum absolute atomic E-state index is 0.0915. The van der Waals surface area contributed by atoms with Crippen LogP contribution < -0.4 is 5.32 Å². The van der Waals surface area contributed by atoms with Crippen LogP contribution in [0, 0.1) is 11.3 Å². The first-order chi connectivity index (χ1) is 7.31.